The fourth-order valence-electron chi connectivity index (χ4n) is 1.52. The van der Waals surface area contributed by atoms with Crippen molar-refractivity contribution in [3.63, 3.8) is 0 Å². The van der Waals surface area contributed by atoms with Crippen molar-refractivity contribution in [2.45, 2.75) is 46.1 Å². The minimum Gasteiger partial charge on any atom is -0.365 e. The molecule has 4 heteroatoms. The van der Waals surface area contributed by atoms with Crippen LogP contribution in [-0.4, -0.2) is 21.4 Å². The largest absolute Gasteiger partial charge is 0.365 e. The lowest BCUT2D eigenvalue weighted by Gasteiger charge is -2.26. The Morgan fingerprint density at radius 2 is 2.06 bits per heavy atom. The highest BCUT2D eigenvalue weighted by molar-refractivity contribution is 6.17. The molecule has 0 spiro atoms. The van der Waals surface area contributed by atoms with Crippen molar-refractivity contribution in [2.75, 3.05) is 11.2 Å². The molecule has 16 heavy (non-hydrogen) atoms. The highest BCUT2D eigenvalue weighted by Gasteiger charge is 2.17. The van der Waals surface area contributed by atoms with E-state index in [9.17, 15) is 0 Å². The first-order chi connectivity index (χ1) is 7.46. The summed E-state index contributed by atoms with van der Waals surface area (Å²) in [7, 11) is 0. The standard InChI is InChI=1S/C12H20ClN3/c1-5-10-8-11(15-9(2)14-10)16-12(3,4)6-7-13/h8H,5-7H2,1-4H3,(H,14,15,16). The molecule has 0 radical (unpaired) electrons. The molecule has 0 fully saturated rings. The molecular weight excluding hydrogens is 222 g/mol. The number of halogens is 1. The molecule has 0 saturated carbocycles. The van der Waals surface area contributed by atoms with Crippen LogP contribution in [0.25, 0.3) is 0 Å². The first kappa shape index (κ1) is 13.2. The third-order valence-electron chi connectivity index (χ3n) is 2.44. The molecule has 0 saturated heterocycles. The predicted molar refractivity (Wildman–Crippen MR) is 69.2 cm³/mol. The Balaban J connectivity index is 2.84. The lowest BCUT2D eigenvalue weighted by molar-refractivity contribution is 0.547. The molecule has 1 aromatic heterocycles. The third kappa shape index (κ3) is 3.97. The zero-order chi connectivity index (χ0) is 12.2. The van der Waals surface area contributed by atoms with Gasteiger partial charge in [0.15, 0.2) is 0 Å². The summed E-state index contributed by atoms with van der Waals surface area (Å²) in [6.07, 6.45) is 1.83. The van der Waals surface area contributed by atoms with Crippen LogP contribution < -0.4 is 5.32 Å². The molecule has 3 nitrogen and oxygen atoms in total. The zero-order valence-corrected chi connectivity index (χ0v) is 11.2. The van der Waals surface area contributed by atoms with Gasteiger partial charge in [0.2, 0.25) is 0 Å². The summed E-state index contributed by atoms with van der Waals surface area (Å²) >= 11 is 5.77. The van der Waals surface area contributed by atoms with Crippen LogP contribution in [-0.2, 0) is 6.42 Å². The summed E-state index contributed by atoms with van der Waals surface area (Å²) in [4.78, 5) is 8.74. The maximum Gasteiger partial charge on any atom is 0.130 e. The SMILES string of the molecule is CCc1cc(NC(C)(C)CCCl)nc(C)n1. The lowest BCUT2D eigenvalue weighted by Crippen LogP contribution is -2.31. The molecule has 0 bridgehead atoms. The van der Waals surface area contributed by atoms with Gasteiger partial charge in [-0.1, -0.05) is 6.92 Å². The van der Waals surface area contributed by atoms with Crippen LogP contribution in [0.1, 0.15) is 38.7 Å². The van der Waals surface area contributed by atoms with Gasteiger partial charge < -0.3 is 5.32 Å². The van der Waals surface area contributed by atoms with Gasteiger partial charge in [0.1, 0.15) is 11.6 Å². The molecule has 1 heterocycles. The van der Waals surface area contributed by atoms with Crippen LogP contribution in [0.3, 0.4) is 0 Å². The number of hydrogen-bond acceptors (Lipinski definition) is 3. The Kier molecular flexibility index (Phi) is 4.54. The van der Waals surface area contributed by atoms with E-state index in [4.69, 9.17) is 11.6 Å². The van der Waals surface area contributed by atoms with Gasteiger partial charge >= 0.3 is 0 Å². The molecule has 0 aliphatic rings. The molecule has 0 atom stereocenters. The van der Waals surface area contributed by atoms with Gasteiger partial charge in [0, 0.05) is 23.2 Å². The van der Waals surface area contributed by atoms with E-state index in [-0.39, 0.29) is 5.54 Å². The average Bonchev–Trinajstić information content (AvgIpc) is 2.15. The second-order valence-electron chi connectivity index (χ2n) is 4.59. The molecule has 0 amide bonds. The first-order valence-corrected chi connectivity index (χ1v) is 6.19. The second kappa shape index (κ2) is 5.48. The Hall–Kier alpha value is -0.830. The van der Waals surface area contributed by atoms with E-state index in [1.807, 2.05) is 13.0 Å². The summed E-state index contributed by atoms with van der Waals surface area (Å²) in [5.41, 5.74) is 1.03. The zero-order valence-electron chi connectivity index (χ0n) is 10.5. The molecule has 0 unspecified atom stereocenters. The third-order valence-corrected chi connectivity index (χ3v) is 2.63. The molecule has 0 aromatic carbocycles. The van der Waals surface area contributed by atoms with Crippen molar-refractivity contribution in [2.24, 2.45) is 0 Å². The quantitative estimate of drug-likeness (QED) is 0.805. The van der Waals surface area contributed by atoms with E-state index in [0.717, 1.165) is 30.2 Å². The summed E-state index contributed by atoms with van der Waals surface area (Å²) in [5, 5.41) is 3.40. The molecule has 1 rings (SSSR count). The average molecular weight is 242 g/mol. The lowest BCUT2D eigenvalue weighted by atomic mass is 10.0. The summed E-state index contributed by atoms with van der Waals surface area (Å²) in [5.74, 6) is 2.34. The van der Waals surface area contributed by atoms with Crippen LogP contribution in [0.5, 0.6) is 0 Å². The van der Waals surface area contributed by atoms with E-state index in [1.165, 1.54) is 0 Å². The van der Waals surface area contributed by atoms with E-state index in [0.29, 0.717) is 5.88 Å². The monoisotopic (exact) mass is 241 g/mol. The normalized spacial score (nSPS) is 11.6. The van der Waals surface area contributed by atoms with Gasteiger partial charge in [-0.15, -0.1) is 11.6 Å². The van der Waals surface area contributed by atoms with Gasteiger partial charge in [-0.05, 0) is 33.6 Å². The smallest absolute Gasteiger partial charge is 0.130 e. The number of nitrogens with zero attached hydrogens (tertiary/aromatic N) is 2. The topological polar surface area (TPSA) is 37.8 Å². The Morgan fingerprint density at radius 1 is 1.38 bits per heavy atom. The fraction of sp³-hybridized carbons (Fsp3) is 0.667. The van der Waals surface area contributed by atoms with Crippen LogP contribution in [0.4, 0.5) is 5.82 Å². The van der Waals surface area contributed by atoms with Gasteiger partial charge in [0.05, 0.1) is 0 Å². The highest BCUT2D eigenvalue weighted by atomic mass is 35.5. The number of hydrogen-bond donors (Lipinski definition) is 1. The molecular formula is C12H20ClN3. The number of alkyl halides is 1. The van der Waals surface area contributed by atoms with Crippen molar-refractivity contribution < 1.29 is 0 Å². The maximum absolute atomic E-state index is 5.77. The Labute approximate surface area is 103 Å². The van der Waals surface area contributed by atoms with E-state index in [2.05, 4.69) is 36.1 Å². The fourth-order valence-corrected chi connectivity index (χ4v) is 1.99. The highest BCUT2D eigenvalue weighted by Crippen LogP contribution is 2.17. The summed E-state index contributed by atoms with van der Waals surface area (Å²) in [6.45, 7) is 8.26. The van der Waals surface area contributed by atoms with Gasteiger partial charge in [-0.25, -0.2) is 9.97 Å². The molecule has 0 aliphatic carbocycles. The van der Waals surface area contributed by atoms with Gasteiger partial charge in [0.25, 0.3) is 0 Å². The number of anilines is 1. The number of rotatable bonds is 5. The van der Waals surface area contributed by atoms with Crippen molar-refractivity contribution in [1.82, 2.24) is 9.97 Å². The Bertz CT molecular complexity index is 350. The van der Waals surface area contributed by atoms with Crippen molar-refractivity contribution in [3.8, 4) is 0 Å². The number of aryl methyl sites for hydroxylation is 2. The first-order valence-electron chi connectivity index (χ1n) is 5.65. The van der Waals surface area contributed by atoms with Crippen LogP contribution in [0.2, 0.25) is 0 Å². The van der Waals surface area contributed by atoms with Crippen molar-refractivity contribution in [3.05, 3.63) is 17.6 Å². The molecule has 90 valence electrons. The molecule has 1 aromatic rings. The molecule has 0 aliphatic heterocycles. The van der Waals surface area contributed by atoms with E-state index >= 15 is 0 Å². The van der Waals surface area contributed by atoms with Gasteiger partial charge in [-0.3, -0.25) is 0 Å². The summed E-state index contributed by atoms with van der Waals surface area (Å²) < 4.78 is 0. The second-order valence-corrected chi connectivity index (χ2v) is 4.97. The van der Waals surface area contributed by atoms with Crippen LogP contribution in [0.15, 0.2) is 6.07 Å². The number of nitrogens with one attached hydrogen (secondary N) is 1. The van der Waals surface area contributed by atoms with Crippen molar-refractivity contribution in [1.29, 1.82) is 0 Å². The van der Waals surface area contributed by atoms with E-state index in [1.54, 1.807) is 0 Å². The van der Waals surface area contributed by atoms with Crippen molar-refractivity contribution >= 4 is 17.4 Å². The maximum atomic E-state index is 5.77. The van der Waals surface area contributed by atoms with E-state index < -0.39 is 0 Å². The van der Waals surface area contributed by atoms with Gasteiger partial charge in [-0.2, -0.15) is 0 Å². The molecule has 1 N–H and O–H groups in total. The number of aromatic nitrogens is 2. The minimum absolute atomic E-state index is 0.0342. The van der Waals surface area contributed by atoms with Crippen LogP contribution in [0, 0.1) is 6.92 Å². The van der Waals surface area contributed by atoms with Crippen LogP contribution >= 0.6 is 11.6 Å². The predicted octanol–water partition coefficient (Wildman–Crippen LogP) is 3.17. The minimum atomic E-state index is -0.0342. The Morgan fingerprint density at radius 3 is 2.62 bits per heavy atom. The summed E-state index contributed by atoms with van der Waals surface area (Å²) in [6, 6.07) is 2.00.